The molecule has 0 radical (unpaired) electrons. The molecule has 0 unspecified atom stereocenters. The predicted octanol–water partition coefficient (Wildman–Crippen LogP) is 5.99. The number of amides is 2. The molecular weight excluding hydrogens is 496 g/mol. The predicted molar refractivity (Wildman–Crippen MR) is 151 cm³/mol. The molecule has 0 bridgehead atoms. The number of aryl methyl sites for hydroxylation is 1. The quantitative estimate of drug-likeness (QED) is 0.354. The average molecular weight is 529 g/mol. The van der Waals surface area contributed by atoms with Gasteiger partial charge in [-0.15, -0.1) is 11.3 Å². The minimum absolute atomic E-state index is 0.171. The van der Waals surface area contributed by atoms with Crippen molar-refractivity contribution >= 4 is 23.1 Å². The summed E-state index contributed by atoms with van der Waals surface area (Å²) in [5.41, 5.74) is 6.39. The smallest absolute Gasteiger partial charge is 0.323 e. The molecule has 0 aliphatic carbocycles. The van der Waals surface area contributed by atoms with Crippen molar-refractivity contribution in [2.45, 2.75) is 32.5 Å². The SMILES string of the molecule is COc1cccc([C@@H]2c3cccn3-c3sc4c(c3CN2C(=O)Nc2cc(C)ccc2OC)CCN(C)C4)c1. The van der Waals surface area contributed by atoms with E-state index in [9.17, 15) is 4.79 Å². The Hall–Kier alpha value is -3.75. The number of nitrogens with one attached hydrogen (secondary N) is 1. The van der Waals surface area contributed by atoms with Gasteiger partial charge in [-0.2, -0.15) is 0 Å². The maximum absolute atomic E-state index is 14.2. The fourth-order valence-electron chi connectivity index (χ4n) is 5.62. The molecule has 4 heterocycles. The molecule has 2 aliphatic heterocycles. The highest BCUT2D eigenvalue weighted by Gasteiger charge is 2.36. The number of urea groups is 1. The van der Waals surface area contributed by atoms with Crippen LogP contribution < -0.4 is 14.8 Å². The van der Waals surface area contributed by atoms with Crippen LogP contribution in [0.15, 0.2) is 60.8 Å². The van der Waals surface area contributed by atoms with Crippen LogP contribution in [0.3, 0.4) is 0 Å². The minimum Gasteiger partial charge on any atom is -0.497 e. The second kappa shape index (κ2) is 9.85. The van der Waals surface area contributed by atoms with Crippen molar-refractivity contribution in [3.05, 3.63) is 93.6 Å². The molecule has 38 heavy (non-hydrogen) atoms. The first-order chi connectivity index (χ1) is 18.5. The van der Waals surface area contributed by atoms with Crippen LogP contribution >= 0.6 is 11.3 Å². The highest BCUT2D eigenvalue weighted by Crippen LogP contribution is 2.44. The number of hydrogen-bond donors (Lipinski definition) is 1. The Balaban J connectivity index is 1.50. The number of likely N-dealkylation sites (N-methyl/N-ethyl adjacent to an activating group) is 1. The van der Waals surface area contributed by atoms with Crippen LogP contribution in [0.25, 0.3) is 5.00 Å². The molecule has 0 spiro atoms. The number of fused-ring (bicyclic) bond motifs is 5. The Bertz CT molecular complexity index is 1510. The van der Waals surface area contributed by atoms with E-state index in [-0.39, 0.29) is 12.1 Å². The highest BCUT2D eigenvalue weighted by atomic mass is 32.1. The molecule has 0 fully saturated rings. The summed E-state index contributed by atoms with van der Waals surface area (Å²) >= 11 is 1.85. The average Bonchev–Trinajstić information content (AvgIpc) is 3.50. The largest absolute Gasteiger partial charge is 0.497 e. The van der Waals surface area contributed by atoms with Gasteiger partial charge in [-0.05, 0) is 73.5 Å². The zero-order chi connectivity index (χ0) is 26.4. The molecule has 4 aromatic rings. The van der Waals surface area contributed by atoms with Crippen molar-refractivity contribution in [3.8, 4) is 16.5 Å². The van der Waals surface area contributed by atoms with Crippen molar-refractivity contribution in [2.75, 3.05) is 33.1 Å². The first kappa shape index (κ1) is 24.6. The second-order valence-electron chi connectivity index (χ2n) is 10.0. The topological polar surface area (TPSA) is 59.0 Å². The van der Waals surface area contributed by atoms with E-state index in [1.165, 1.54) is 21.0 Å². The number of carbonyl (C=O) groups is 1. The summed E-state index contributed by atoms with van der Waals surface area (Å²) in [6, 6.07) is 17.6. The third-order valence-electron chi connectivity index (χ3n) is 7.52. The fourth-order valence-corrected chi connectivity index (χ4v) is 7.06. The summed E-state index contributed by atoms with van der Waals surface area (Å²) in [6.07, 6.45) is 3.11. The lowest BCUT2D eigenvalue weighted by Gasteiger charge is -2.32. The maximum atomic E-state index is 14.2. The number of hydrogen-bond acceptors (Lipinski definition) is 5. The molecule has 2 amide bonds. The number of nitrogens with zero attached hydrogens (tertiary/aromatic N) is 3. The van der Waals surface area contributed by atoms with Crippen molar-refractivity contribution in [2.24, 2.45) is 0 Å². The standard InChI is InChI=1S/C30H32N4O3S/c1-19-10-11-26(37-4)24(15-19)31-30(35)34-17-23-22-12-14-32(2)18-27(22)38-29(23)33-13-6-9-25(33)28(34)20-7-5-8-21(16-20)36-3/h5-11,13,15-16,28H,12,14,17-18H2,1-4H3,(H,31,35)/t28-/m1/s1. The number of thiophene rings is 1. The summed E-state index contributed by atoms with van der Waals surface area (Å²) < 4.78 is 13.4. The van der Waals surface area contributed by atoms with E-state index in [1.54, 1.807) is 14.2 Å². The molecule has 7 nitrogen and oxygen atoms in total. The molecule has 2 aromatic heterocycles. The number of ether oxygens (including phenoxy) is 2. The van der Waals surface area contributed by atoms with E-state index in [4.69, 9.17) is 9.47 Å². The first-order valence-corrected chi connectivity index (χ1v) is 13.6. The van der Waals surface area contributed by atoms with Gasteiger partial charge in [0.1, 0.15) is 16.5 Å². The fraction of sp³-hybridized carbons (Fsp3) is 0.300. The molecule has 1 atom stereocenters. The molecule has 6 rings (SSSR count). The third kappa shape index (κ3) is 4.23. The van der Waals surface area contributed by atoms with Gasteiger partial charge < -0.3 is 29.2 Å². The van der Waals surface area contributed by atoms with Crippen molar-refractivity contribution < 1.29 is 14.3 Å². The summed E-state index contributed by atoms with van der Waals surface area (Å²) in [4.78, 5) is 19.9. The molecule has 0 saturated heterocycles. The number of methoxy groups -OCH3 is 2. The number of carbonyl (C=O) groups excluding carboxylic acids is 1. The lowest BCUT2D eigenvalue weighted by molar-refractivity contribution is 0.194. The Morgan fingerprint density at radius 3 is 2.71 bits per heavy atom. The van der Waals surface area contributed by atoms with Crippen molar-refractivity contribution in [1.29, 1.82) is 0 Å². The van der Waals surface area contributed by atoms with Gasteiger partial charge in [-0.1, -0.05) is 18.2 Å². The Labute approximate surface area is 227 Å². The summed E-state index contributed by atoms with van der Waals surface area (Å²) in [5, 5.41) is 4.39. The van der Waals surface area contributed by atoms with Gasteiger partial charge in [-0.3, -0.25) is 0 Å². The third-order valence-corrected chi connectivity index (χ3v) is 8.78. The van der Waals surface area contributed by atoms with Crippen LogP contribution in [0.4, 0.5) is 10.5 Å². The van der Waals surface area contributed by atoms with Gasteiger partial charge in [0.15, 0.2) is 0 Å². The molecular formula is C30H32N4O3S. The van der Waals surface area contributed by atoms with Crippen LogP contribution in [0, 0.1) is 6.92 Å². The molecule has 2 aliphatic rings. The van der Waals surface area contributed by atoms with Crippen LogP contribution in [-0.4, -0.2) is 48.2 Å². The van der Waals surface area contributed by atoms with Gasteiger partial charge >= 0.3 is 6.03 Å². The van der Waals surface area contributed by atoms with E-state index in [1.807, 2.05) is 59.6 Å². The van der Waals surface area contributed by atoms with Crippen molar-refractivity contribution in [3.63, 3.8) is 0 Å². The number of anilines is 1. The summed E-state index contributed by atoms with van der Waals surface area (Å²) in [7, 11) is 5.46. The van der Waals surface area contributed by atoms with E-state index < -0.39 is 0 Å². The molecule has 8 heteroatoms. The van der Waals surface area contributed by atoms with Crippen LogP contribution in [0.5, 0.6) is 11.5 Å². The van der Waals surface area contributed by atoms with Gasteiger partial charge in [0, 0.05) is 29.7 Å². The van der Waals surface area contributed by atoms with Crippen LogP contribution in [0.2, 0.25) is 0 Å². The van der Waals surface area contributed by atoms with E-state index in [2.05, 4.69) is 46.2 Å². The molecule has 196 valence electrons. The normalized spacial score (nSPS) is 16.7. The first-order valence-electron chi connectivity index (χ1n) is 12.8. The zero-order valence-electron chi connectivity index (χ0n) is 22.2. The van der Waals surface area contributed by atoms with Crippen molar-refractivity contribution in [1.82, 2.24) is 14.4 Å². The lowest BCUT2D eigenvalue weighted by Crippen LogP contribution is -2.38. The number of benzene rings is 2. The molecule has 2 aromatic carbocycles. The number of aromatic nitrogens is 1. The Morgan fingerprint density at radius 1 is 1.03 bits per heavy atom. The zero-order valence-corrected chi connectivity index (χ0v) is 23.0. The molecule has 1 N–H and O–H groups in total. The van der Waals surface area contributed by atoms with E-state index >= 15 is 0 Å². The van der Waals surface area contributed by atoms with Gasteiger partial charge in [-0.25, -0.2) is 4.79 Å². The lowest BCUT2D eigenvalue weighted by atomic mass is 10.00. The minimum atomic E-state index is -0.308. The number of rotatable bonds is 4. The Kier molecular flexibility index (Phi) is 6.37. The van der Waals surface area contributed by atoms with Crippen LogP contribution in [-0.2, 0) is 19.5 Å². The maximum Gasteiger partial charge on any atom is 0.323 e. The van der Waals surface area contributed by atoms with E-state index in [0.29, 0.717) is 18.0 Å². The summed E-state index contributed by atoms with van der Waals surface area (Å²) in [6.45, 7) is 4.47. The van der Waals surface area contributed by atoms with Crippen LogP contribution in [0.1, 0.15) is 38.9 Å². The van der Waals surface area contributed by atoms with Gasteiger partial charge in [0.2, 0.25) is 0 Å². The highest BCUT2D eigenvalue weighted by molar-refractivity contribution is 7.15. The van der Waals surface area contributed by atoms with Gasteiger partial charge in [0.25, 0.3) is 0 Å². The monoisotopic (exact) mass is 528 g/mol. The van der Waals surface area contributed by atoms with Gasteiger partial charge in [0.05, 0.1) is 38.2 Å². The summed E-state index contributed by atoms with van der Waals surface area (Å²) in [5.74, 6) is 1.40. The molecule has 0 saturated carbocycles. The van der Waals surface area contributed by atoms with E-state index in [0.717, 1.165) is 42.1 Å². The second-order valence-corrected chi connectivity index (χ2v) is 11.1. The Morgan fingerprint density at radius 2 is 1.89 bits per heavy atom.